The number of hydrogen-bond acceptors (Lipinski definition) is 7. The second-order valence-electron chi connectivity index (χ2n) is 5.01. The van der Waals surface area contributed by atoms with Gasteiger partial charge in [0.05, 0.1) is 5.69 Å². The molecular weight excluding hydrogens is 256 g/mol. The van der Waals surface area contributed by atoms with E-state index in [1.807, 2.05) is 23.6 Å². The Kier molecular flexibility index (Phi) is 3.23. The number of nitrogens with one attached hydrogen (secondary N) is 1. The first-order valence-electron chi connectivity index (χ1n) is 6.64. The summed E-state index contributed by atoms with van der Waals surface area (Å²) in [5.74, 6) is 6.88. The Bertz CT molecular complexity index is 618. The lowest BCUT2D eigenvalue weighted by atomic mass is 10.0. The standard InChI is InChI=1S/C12H18N8/c1-19(2)11-15-10(18-13)16-12(17-11)20-7-14-8-5-3-4-6-9(8)20/h7H,3-6,13H2,1-2H3,(H,15,16,17,18). The molecule has 0 aromatic carbocycles. The topological polar surface area (TPSA) is 97.8 Å². The SMILES string of the molecule is CN(C)c1nc(NN)nc(-n2cnc3c2CCCC3)n1. The van der Waals surface area contributed by atoms with Crippen molar-refractivity contribution in [2.75, 3.05) is 24.4 Å². The normalized spacial score (nSPS) is 13.9. The Hall–Kier alpha value is -2.22. The van der Waals surface area contributed by atoms with Crippen LogP contribution in [-0.4, -0.2) is 38.6 Å². The van der Waals surface area contributed by atoms with Crippen LogP contribution in [-0.2, 0) is 12.8 Å². The van der Waals surface area contributed by atoms with E-state index in [2.05, 4.69) is 25.4 Å². The van der Waals surface area contributed by atoms with Crippen LogP contribution in [0, 0.1) is 0 Å². The average molecular weight is 274 g/mol. The molecule has 20 heavy (non-hydrogen) atoms. The third-order valence-electron chi connectivity index (χ3n) is 3.39. The highest BCUT2D eigenvalue weighted by Gasteiger charge is 2.18. The van der Waals surface area contributed by atoms with Crippen LogP contribution in [0.4, 0.5) is 11.9 Å². The van der Waals surface area contributed by atoms with Crippen LogP contribution >= 0.6 is 0 Å². The van der Waals surface area contributed by atoms with Crippen molar-refractivity contribution < 1.29 is 0 Å². The van der Waals surface area contributed by atoms with Crippen LogP contribution in [0.3, 0.4) is 0 Å². The first kappa shape index (κ1) is 12.8. The van der Waals surface area contributed by atoms with Gasteiger partial charge < -0.3 is 4.90 Å². The molecule has 106 valence electrons. The minimum Gasteiger partial charge on any atom is -0.347 e. The van der Waals surface area contributed by atoms with Crippen LogP contribution < -0.4 is 16.2 Å². The molecule has 0 spiro atoms. The summed E-state index contributed by atoms with van der Waals surface area (Å²) in [7, 11) is 3.76. The highest BCUT2D eigenvalue weighted by Crippen LogP contribution is 2.22. The fourth-order valence-corrected chi connectivity index (χ4v) is 2.37. The van der Waals surface area contributed by atoms with E-state index in [1.54, 1.807) is 6.33 Å². The Morgan fingerprint density at radius 3 is 2.75 bits per heavy atom. The molecule has 1 aliphatic carbocycles. The van der Waals surface area contributed by atoms with Crippen molar-refractivity contribution in [2.45, 2.75) is 25.7 Å². The number of nitrogens with zero attached hydrogens (tertiary/aromatic N) is 6. The average Bonchev–Trinajstić information content (AvgIpc) is 2.90. The van der Waals surface area contributed by atoms with Gasteiger partial charge in [-0.05, 0) is 25.7 Å². The number of aryl methyl sites for hydroxylation is 1. The predicted octanol–water partition coefficient (Wildman–Crippen LogP) is 0.288. The molecule has 8 nitrogen and oxygen atoms in total. The molecule has 2 heterocycles. The Balaban J connectivity index is 2.09. The summed E-state index contributed by atoms with van der Waals surface area (Å²) in [6, 6.07) is 0. The number of hydrogen-bond donors (Lipinski definition) is 2. The third kappa shape index (κ3) is 2.18. The van der Waals surface area contributed by atoms with Gasteiger partial charge in [0.1, 0.15) is 6.33 Å². The number of fused-ring (bicyclic) bond motifs is 1. The summed E-state index contributed by atoms with van der Waals surface area (Å²) in [6.07, 6.45) is 6.18. The highest BCUT2D eigenvalue weighted by molar-refractivity contribution is 5.39. The number of nitrogen functional groups attached to an aromatic ring is 1. The van der Waals surface area contributed by atoms with Gasteiger partial charge in [0.2, 0.25) is 17.8 Å². The minimum absolute atomic E-state index is 0.344. The number of aromatic nitrogens is 5. The van der Waals surface area contributed by atoms with Gasteiger partial charge >= 0.3 is 0 Å². The number of nitrogens with two attached hydrogens (primary N) is 1. The molecule has 0 aliphatic heterocycles. The minimum atomic E-state index is 0.344. The zero-order chi connectivity index (χ0) is 14.1. The van der Waals surface area contributed by atoms with Gasteiger partial charge in [-0.2, -0.15) is 15.0 Å². The number of hydrazine groups is 1. The zero-order valence-corrected chi connectivity index (χ0v) is 11.7. The maximum Gasteiger partial charge on any atom is 0.243 e. The number of rotatable bonds is 3. The van der Waals surface area contributed by atoms with Crippen LogP contribution in [0.15, 0.2) is 6.33 Å². The maximum absolute atomic E-state index is 5.43. The first-order chi connectivity index (χ1) is 9.69. The molecule has 0 radical (unpaired) electrons. The zero-order valence-electron chi connectivity index (χ0n) is 11.7. The number of anilines is 2. The third-order valence-corrected chi connectivity index (χ3v) is 3.39. The molecule has 0 saturated heterocycles. The molecule has 1 aliphatic rings. The lowest BCUT2D eigenvalue weighted by molar-refractivity contribution is 0.651. The lowest BCUT2D eigenvalue weighted by Gasteiger charge is -2.15. The molecule has 3 N–H and O–H groups in total. The van der Waals surface area contributed by atoms with Gasteiger partial charge in [0.15, 0.2) is 0 Å². The van der Waals surface area contributed by atoms with Crippen molar-refractivity contribution in [1.82, 2.24) is 24.5 Å². The molecular formula is C12H18N8. The summed E-state index contributed by atoms with van der Waals surface area (Å²) >= 11 is 0. The number of imidazole rings is 1. The van der Waals surface area contributed by atoms with Crippen molar-refractivity contribution >= 4 is 11.9 Å². The van der Waals surface area contributed by atoms with E-state index in [1.165, 1.54) is 18.5 Å². The van der Waals surface area contributed by atoms with Gasteiger partial charge in [-0.15, -0.1) is 0 Å². The first-order valence-corrected chi connectivity index (χ1v) is 6.64. The summed E-state index contributed by atoms with van der Waals surface area (Å²) < 4.78 is 1.93. The Labute approximate surface area is 117 Å². The van der Waals surface area contributed by atoms with Gasteiger partial charge in [0.25, 0.3) is 0 Å². The van der Waals surface area contributed by atoms with E-state index in [-0.39, 0.29) is 0 Å². The molecule has 0 bridgehead atoms. The van der Waals surface area contributed by atoms with E-state index < -0.39 is 0 Å². The van der Waals surface area contributed by atoms with Gasteiger partial charge in [-0.3, -0.25) is 9.99 Å². The summed E-state index contributed by atoms with van der Waals surface area (Å²) in [4.78, 5) is 19.3. The molecule has 0 atom stereocenters. The fourth-order valence-electron chi connectivity index (χ4n) is 2.37. The molecule has 2 aromatic heterocycles. The predicted molar refractivity (Wildman–Crippen MR) is 75.7 cm³/mol. The van der Waals surface area contributed by atoms with Gasteiger partial charge in [-0.25, -0.2) is 10.8 Å². The van der Waals surface area contributed by atoms with Crippen molar-refractivity contribution in [2.24, 2.45) is 5.84 Å². The molecule has 2 aromatic rings. The smallest absolute Gasteiger partial charge is 0.243 e. The van der Waals surface area contributed by atoms with Crippen LogP contribution in [0.5, 0.6) is 0 Å². The second kappa shape index (κ2) is 5.04. The Morgan fingerprint density at radius 2 is 2.00 bits per heavy atom. The second-order valence-corrected chi connectivity index (χ2v) is 5.01. The monoisotopic (exact) mass is 274 g/mol. The molecule has 0 fully saturated rings. The fraction of sp³-hybridized carbons (Fsp3) is 0.500. The largest absolute Gasteiger partial charge is 0.347 e. The van der Waals surface area contributed by atoms with E-state index >= 15 is 0 Å². The molecule has 3 rings (SSSR count). The van der Waals surface area contributed by atoms with Crippen molar-refractivity contribution in [3.8, 4) is 5.95 Å². The van der Waals surface area contributed by atoms with Crippen LogP contribution in [0.1, 0.15) is 24.2 Å². The summed E-state index contributed by atoms with van der Waals surface area (Å²) in [5.41, 5.74) is 4.82. The van der Waals surface area contributed by atoms with E-state index in [0.717, 1.165) is 18.5 Å². The summed E-state index contributed by atoms with van der Waals surface area (Å²) in [5, 5.41) is 0. The van der Waals surface area contributed by atoms with Crippen molar-refractivity contribution in [3.63, 3.8) is 0 Å². The van der Waals surface area contributed by atoms with Crippen molar-refractivity contribution in [3.05, 3.63) is 17.7 Å². The summed E-state index contributed by atoms with van der Waals surface area (Å²) in [6.45, 7) is 0. The molecule has 8 heteroatoms. The van der Waals surface area contributed by atoms with E-state index in [0.29, 0.717) is 17.8 Å². The quantitative estimate of drug-likeness (QED) is 0.613. The van der Waals surface area contributed by atoms with Crippen LogP contribution in [0.2, 0.25) is 0 Å². The lowest BCUT2D eigenvalue weighted by Crippen LogP contribution is -2.20. The van der Waals surface area contributed by atoms with Crippen LogP contribution in [0.25, 0.3) is 5.95 Å². The van der Waals surface area contributed by atoms with Gasteiger partial charge in [-0.1, -0.05) is 0 Å². The van der Waals surface area contributed by atoms with Crippen molar-refractivity contribution in [1.29, 1.82) is 0 Å². The van der Waals surface area contributed by atoms with E-state index in [9.17, 15) is 0 Å². The molecule has 0 unspecified atom stereocenters. The molecule has 0 saturated carbocycles. The van der Waals surface area contributed by atoms with Gasteiger partial charge in [0, 0.05) is 19.8 Å². The molecule has 0 amide bonds. The van der Waals surface area contributed by atoms with E-state index in [4.69, 9.17) is 5.84 Å². The highest BCUT2D eigenvalue weighted by atomic mass is 15.4. The maximum atomic E-state index is 5.43. The Morgan fingerprint density at radius 1 is 1.20 bits per heavy atom.